The Balaban J connectivity index is 2.32. The molecule has 0 radical (unpaired) electrons. The van der Waals surface area contributed by atoms with E-state index in [0.717, 1.165) is 12.8 Å². The Morgan fingerprint density at radius 1 is 0.958 bits per heavy atom. The number of hydrogen-bond donors (Lipinski definition) is 4. The van der Waals surface area contributed by atoms with E-state index in [1.807, 2.05) is 13.8 Å². The first-order valence-corrected chi connectivity index (χ1v) is 16.5. The SMILES string of the molecule is C=CCNC(=O)C(=O)C(CCC(F)(F)F)NC(=O)[C@@H]1[C@@H](C(C)C)CCN1C(=O)[C@@H](NC(=O)N[C@H](C(=O)OCC1CC1)C(C)C)C(C)(C)C. The quantitative estimate of drug-likeness (QED) is 0.110. The number of esters is 1. The van der Waals surface area contributed by atoms with Gasteiger partial charge in [0.25, 0.3) is 5.91 Å². The molecule has 2 fully saturated rings. The second-order valence-corrected chi connectivity index (χ2v) is 14.5. The van der Waals surface area contributed by atoms with Crippen molar-refractivity contribution in [3.8, 4) is 0 Å². The van der Waals surface area contributed by atoms with Gasteiger partial charge >= 0.3 is 18.2 Å². The molecule has 12 nitrogen and oxygen atoms in total. The van der Waals surface area contributed by atoms with Crippen LogP contribution in [0.2, 0.25) is 0 Å². The van der Waals surface area contributed by atoms with E-state index in [-0.39, 0.29) is 31.5 Å². The highest BCUT2D eigenvalue weighted by atomic mass is 19.4. The maximum absolute atomic E-state index is 14.2. The Kier molecular flexibility index (Phi) is 14.5. The summed E-state index contributed by atoms with van der Waals surface area (Å²) < 4.78 is 44.8. The summed E-state index contributed by atoms with van der Waals surface area (Å²) >= 11 is 0. The van der Waals surface area contributed by atoms with Gasteiger partial charge in [-0.15, -0.1) is 6.58 Å². The maximum atomic E-state index is 14.2. The van der Waals surface area contributed by atoms with Crippen LogP contribution in [-0.4, -0.2) is 90.4 Å². The summed E-state index contributed by atoms with van der Waals surface area (Å²) in [6.07, 6.45) is -3.37. The Labute approximate surface area is 280 Å². The smallest absolute Gasteiger partial charge is 0.389 e. The summed E-state index contributed by atoms with van der Waals surface area (Å²) in [6, 6.07) is -5.98. The van der Waals surface area contributed by atoms with E-state index in [2.05, 4.69) is 27.8 Å². The van der Waals surface area contributed by atoms with Crippen LogP contribution in [0.4, 0.5) is 18.0 Å². The molecule has 0 spiro atoms. The predicted molar refractivity (Wildman–Crippen MR) is 171 cm³/mol. The molecular formula is C33H52F3N5O7. The minimum atomic E-state index is -4.66. The molecule has 0 aromatic carbocycles. The molecule has 2 rings (SSSR count). The largest absolute Gasteiger partial charge is 0.464 e. The molecule has 15 heteroatoms. The fourth-order valence-electron chi connectivity index (χ4n) is 5.54. The number of carbonyl (C=O) groups excluding carboxylic acids is 6. The van der Waals surface area contributed by atoms with Crippen molar-refractivity contribution in [3.63, 3.8) is 0 Å². The molecule has 5 atom stereocenters. The lowest BCUT2D eigenvalue weighted by Crippen LogP contribution is -2.62. The number of carbonyl (C=O) groups is 6. The third-order valence-corrected chi connectivity index (χ3v) is 8.59. The number of urea groups is 1. The lowest BCUT2D eigenvalue weighted by molar-refractivity contribution is -0.147. The molecule has 0 aromatic rings. The molecule has 2 aliphatic rings. The van der Waals surface area contributed by atoms with E-state index < -0.39 is 90.0 Å². The van der Waals surface area contributed by atoms with Crippen LogP contribution in [0.25, 0.3) is 0 Å². The lowest BCUT2D eigenvalue weighted by atomic mass is 9.84. The molecule has 48 heavy (non-hydrogen) atoms. The first-order valence-electron chi connectivity index (χ1n) is 16.5. The third-order valence-electron chi connectivity index (χ3n) is 8.59. The number of nitrogens with one attached hydrogen (secondary N) is 4. The van der Waals surface area contributed by atoms with Gasteiger partial charge in [0.2, 0.25) is 17.6 Å². The van der Waals surface area contributed by atoms with Crippen molar-refractivity contribution in [1.82, 2.24) is 26.2 Å². The summed E-state index contributed by atoms with van der Waals surface area (Å²) in [5, 5.41) is 9.83. The first kappa shape index (κ1) is 40.5. The molecule has 1 saturated carbocycles. The third kappa shape index (κ3) is 12.1. The maximum Gasteiger partial charge on any atom is 0.389 e. The number of likely N-dealkylation sites (tertiary alicyclic amines) is 1. The molecule has 1 unspecified atom stereocenters. The van der Waals surface area contributed by atoms with Crippen LogP contribution in [-0.2, 0) is 28.7 Å². The zero-order valence-electron chi connectivity index (χ0n) is 29.0. The Morgan fingerprint density at radius 2 is 1.58 bits per heavy atom. The molecule has 1 saturated heterocycles. The van der Waals surface area contributed by atoms with Gasteiger partial charge in [0, 0.05) is 19.5 Å². The number of rotatable bonds is 16. The van der Waals surface area contributed by atoms with Crippen LogP contribution >= 0.6 is 0 Å². The minimum Gasteiger partial charge on any atom is -0.464 e. The number of ether oxygens (including phenoxy) is 1. The molecule has 1 heterocycles. The van der Waals surface area contributed by atoms with Gasteiger partial charge in [0.1, 0.15) is 18.1 Å². The van der Waals surface area contributed by atoms with E-state index in [0.29, 0.717) is 12.3 Å². The molecule has 0 aromatic heterocycles. The summed E-state index contributed by atoms with van der Waals surface area (Å²) in [7, 11) is 0. The molecule has 0 bridgehead atoms. The zero-order valence-corrected chi connectivity index (χ0v) is 29.0. The van der Waals surface area contributed by atoms with Gasteiger partial charge in [-0.2, -0.15) is 13.2 Å². The highest BCUT2D eigenvalue weighted by molar-refractivity contribution is 6.38. The number of ketones is 1. The summed E-state index contributed by atoms with van der Waals surface area (Å²) in [5.41, 5.74) is -0.889. The van der Waals surface area contributed by atoms with E-state index in [4.69, 9.17) is 4.74 Å². The van der Waals surface area contributed by atoms with Gasteiger partial charge in [-0.1, -0.05) is 54.5 Å². The van der Waals surface area contributed by atoms with Crippen molar-refractivity contribution in [1.29, 1.82) is 0 Å². The van der Waals surface area contributed by atoms with Crippen LogP contribution in [0.1, 0.15) is 80.6 Å². The van der Waals surface area contributed by atoms with Gasteiger partial charge in [-0.05, 0) is 54.8 Å². The average Bonchev–Trinajstić information content (AvgIpc) is 3.70. The van der Waals surface area contributed by atoms with E-state index in [1.54, 1.807) is 34.6 Å². The Morgan fingerprint density at radius 3 is 2.08 bits per heavy atom. The van der Waals surface area contributed by atoms with Gasteiger partial charge in [0.05, 0.1) is 12.6 Å². The van der Waals surface area contributed by atoms with E-state index in [1.165, 1.54) is 11.0 Å². The fourth-order valence-corrected chi connectivity index (χ4v) is 5.54. The average molecular weight is 688 g/mol. The lowest BCUT2D eigenvalue weighted by Gasteiger charge is -2.37. The highest BCUT2D eigenvalue weighted by Gasteiger charge is 2.48. The van der Waals surface area contributed by atoms with Gasteiger partial charge in [-0.3, -0.25) is 19.2 Å². The Bertz CT molecular complexity index is 1200. The molecule has 1 aliphatic carbocycles. The first-order chi connectivity index (χ1) is 22.2. The van der Waals surface area contributed by atoms with Crippen molar-refractivity contribution in [3.05, 3.63) is 12.7 Å². The number of Topliss-reactive ketones (excluding diaryl/α,β-unsaturated/α-hetero) is 1. The van der Waals surface area contributed by atoms with Crippen LogP contribution in [0.3, 0.4) is 0 Å². The number of amides is 5. The zero-order chi connectivity index (χ0) is 36.6. The van der Waals surface area contributed by atoms with Crippen molar-refractivity contribution < 1.29 is 46.7 Å². The van der Waals surface area contributed by atoms with Crippen LogP contribution in [0, 0.1) is 29.1 Å². The minimum absolute atomic E-state index is 0.0960. The summed E-state index contributed by atoms with van der Waals surface area (Å²) in [4.78, 5) is 80.5. The molecular weight excluding hydrogens is 635 g/mol. The van der Waals surface area contributed by atoms with Crippen LogP contribution in [0.15, 0.2) is 12.7 Å². The number of hydrogen-bond acceptors (Lipinski definition) is 7. The second kappa shape index (κ2) is 17.1. The van der Waals surface area contributed by atoms with E-state index >= 15 is 0 Å². The highest BCUT2D eigenvalue weighted by Crippen LogP contribution is 2.34. The Hall–Kier alpha value is -3.65. The monoisotopic (exact) mass is 687 g/mol. The van der Waals surface area contributed by atoms with Crippen LogP contribution in [0.5, 0.6) is 0 Å². The van der Waals surface area contributed by atoms with Crippen molar-refractivity contribution in [2.45, 2.75) is 111 Å². The van der Waals surface area contributed by atoms with Gasteiger partial charge in [0.15, 0.2) is 0 Å². The van der Waals surface area contributed by atoms with Crippen LogP contribution < -0.4 is 21.3 Å². The second-order valence-electron chi connectivity index (χ2n) is 14.5. The number of halogens is 3. The van der Waals surface area contributed by atoms with E-state index in [9.17, 15) is 41.9 Å². The molecule has 1 aliphatic heterocycles. The standard InChI is InChI=1S/C33H52F3N5O7/c1-9-15-37-28(44)25(42)22(12-14-33(34,35)36)38-27(43)24-21(18(2)3)13-16-41(24)29(45)26(32(6,7)8)40-31(47)39-23(19(4)5)30(46)48-17-20-10-11-20/h9,18-24,26H,1,10-17H2,2-8H3,(H,37,44)(H,38,43)(H2,39,40,47)/t21-,22?,23+,24+,26-/m1/s1. The van der Waals surface area contributed by atoms with Gasteiger partial charge < -0.3 is 30.9 Å². The molecule has 4 N–H and O–H groups in total. The molecule has 272 valence electrons. The fraction of sp³-hybridized carbons (Fsp3) is 0.758. The predicted octanol–water partition coefficient (Wildman–Crippen LogP) is 3.25. The summed E-state index contributed by atoms with van der Waals surface area (Å²) in [5.74, 6) is -5.13. The number of alkyl halides is 3. The van der Waals surface area contributed by atoms with Crippen molar-refractivity contribution in [2.24, 2.45) is 29.1 Å². The van der Waals surface area contributed by atoms with Crippen molar-refractivity contribution >= 4 is 35.5 Å². The van der Waals surface area contributed by atoms with Gasteiger partial charge in [-0.25, -0.2) is 9.59 Å². The van der Waals surface area contributed by atoms with Crippen molar-refractivity contribution in [2.75, 3.05) is 19.7 Å². The topological polar surface area (TPSA) is 163 Å². The summed E-state index contributed by atoms with van der Waals surface area (Å²) in [6.45, 7) is 15.9. The molecule has 5 amide bonds. The number of nitrogens with zero attached hydrogens (tertiary/aromatic N) is 1. The normalized spacial score (nSPS) is 20.0.